The SMILES string of the molecule is CC(=O)N1CCc2cc(S(=O)(=O)CCC(=O)Nc3ccccc3C)ccc21. The standard InChI is InChI=1S/C20H22N2O4S/c1-14-5-3-4-6-18(14)21-20(24)10-12-27(25,26)17-7-8-19-16(13-17)9-11-22(19)15(2)23/h3-8,13H,9-12H2,1-2H3,(H,21,24). The van der Waals surface area contributed by atoms with Crippen LogP contribution in [0.25, 0.3) is 0 Å². The Labute approximate surface area is 159 Å². The number of para-hydroxylation sites is 1. The highest BCUT2D eigenvalue weighted by atomic mass is 32.2. The van der Waals surface area contributed by atoms with Crippen molar-refractivity contribution < 1.29 is 18.0 Å². The zero-order valence-corrected chi connectivity index (χ0v) is 16.2. The number of anilines is 2. The van der Waals surface area contributed by atoms with Crippen molar-refractivity contribution in [3.63, 3.8) is 0 Å². The quantitative estimate of drug-likeness (QED) is 0.856. The molecule has 1 N–H and O–H groups in total. The summed E-state index contributed by atoms with van der Waals surface area (Å²) >= 11 is 0. The molecular formula is C20H22N2O4S. The largest absolute Gasteiger partial charge is 0.326 e. The van der Waals surface area contributed by atoms with Crippen molar-refractivity contribution in [2.75, 3.05) is 22.5 Å². The van der Waals surface area contributed by atoms with Crippen molar-refractivity contribution in [1.82, 2.24) is 0 Å². The molecule has 6 nitrogen and oxygen atoms in total. The Morgan fingerprint density at radius 2 is 1.89 bits per heavy atom. The van der Waals surface area contributed by atoms with E-state index in [2.05, 4.69) is 5.32 Å². The second-order valence-electron chi connectivity index (χ2n) is 6.64. The van der Waals surface area contributed by atoms with Gasteiger partial charge in [-0.3, -0.25) is 9.59 Å². The molecule has 0 saturated heterocycles. The first-order chi connectivity index (χ1) is 12.8. The molecule has 0 atom stereocenters. The molecule has 0 spiro atoms. The minimum Gasteiger partial charge on any atom is -0.326 e. The number of nitrogens with one attached hydrogen (secondary N) is 1. The van der Waals surface area contributed by atoms with Crippen LogP contribution in [0.5, 0.6) is 0 Å². The van der Waals surface area contributed by atoms with Crippen molar-refractivity contribution in [3.8, 4) is 0 Å². The van der Waals surface area contributed by atoms with E-state index in [1.165, 1.54) is 13.0 Å². The Morgan fingerprint density at radius 3 is 2.59 bits per heavy atom. The molecule has 0 unspecified atom stereocenters. The van der Waals surface area contributed by atoms with Gasteiger partial charge in [0.25, 0.3) is 0 Å². The number of nitrogens with zero attached hydrogens (tertiary/aromatic N) is 1. The average Bonchev–Trinajstić information content (AvgIpc) is 3.05. The first-order valence-corrected chi connectivity index (χ1v) is 10.4. The molecule has 142 valence electrons. The molecule has 2 aromatic carbocycles. The van der Waals surface area contributed by atoms with Crippen LogP contribution in [0.2, 0.25) is 0 Å². The number of benzene rings is 2. The third kappa shape index (κ3) is 4.19. The van der Waals surface area contributed by atoms with Gasteiger partial charge in [-0.1, -0.05) is 18.2 Å². The number of aryl methyl sites for hydroxylation is 1. The van der Waals surface area contributed by atoms with Crippen LogP contribution in [-0.4, -0.2) is 32.5 Å². The summed E-state index contributed by atoms with van der Waals surface area (Å²) in [6.07, 6.45) is 0.513. The van der Waals surface area contributed by atoms with Crippen LogP contribution in [0.15, 0.2) is 47.4 Å². The minimum atomic E-state index is -3.58. The Balaban J connectivity index is 1.68. The summed E-state index contributed by atoms with van der Waals surface area (Å²) in [5.74, 6) is -0.658. The molecule has 1 aliphatic rings. The summed E-state index contributed by atoms with van der Waals surface area (Å²) in [6, 6.07) is 12.1. The lowest BCUT2D eigenvalue weighted by atomic mass is 10.2. The highest BCUT2D eigenvalue weighted by molar-refractivity contribution is 7.91. The van der Waals surface area contributed by atoms with Gasteiger partial charge in [0.05, 0.1) is 10.6 Å². The summed E-state index contributed by atoms with van der Waals surface area (Å²) in [7, 11) is -3.58. The molecule has 2 amide bonds. The van der Waals surface area contributed by atoms with Crippen LogP contribution in [-0.2, 0) is 25.8 Å². The van der Waals surface area contributed by atoms with Gasteiger partial charge in [0.1, 0.15) is 0 Å². The molecule has 0 aromatic heterocycles. The Morgan fingerprint density at radius 1 is 1.15 bits per heavy atom. The Bertz CT molecular complexity index is 999. The molecule has 2 aromatic rings. The normalized spacial score (nSPS) is 13.3. The van der Waals surface area contributed by atoms with E-state index in [1.54, 1.807) is 23.1 Å². The maximum absolute atomic E-state index is 12.6. The molecule has 0 saturated carbocycles. The molecule has 0 bridgehead atoms. The highest BCUT2D eigenvalue weighted by Crippen LogP contribution is 2.30. The van der Waals surface area contributed by atoms with Gasteiger partial charge in [-0.25, -0.2) is 8.42 Å². The zero-order chi connectivity index (χ0) is 19.6. The van der Waals surface area contributed by atoms with Gasteiger partial charge < -0.3 is 10.2 Å². The number of carbonyl (C=O) groups is 2. The van der Waals surface area contributed by atoms with Crippen molar-refractivity contribution in [2.45, 2.75) is 31.6 Å². The molecule has 1 heterocycles. The fourth-order valence-electron chi connectivity index (χ4n) is 3.17. The van der Waals surface area contributed by atoms with Crippen LogP contribution in [0, 0.1) is 6.92 Å². The number of rotatable bonds is 5. The Kier molecular flexibility index (Phi) is 5.32. The van der Waals surface area contributed by atoms with Crippen molar-refractivity contribution in [1.29, 1.82) is 0 Å². The van der Waals surface area contributed by atoms with Gasteiger partial charge in [-0.15, -0.1) is 0 Å². The van der Waals surface area contributed by atoms with E-state index in [0.717, 1.165) is 16.8 Å². The maximum atomic E-state index is 12.6. The van der Waals surface area contributed by atoms with Crippen LogP contribution < -0.4 is 10.2 Å². The molecule has 7 heteroatoms. The number of carbonyl (C=O) groups excluding carboxylic acids is 2. The van der Waals surface area contributed by atoms with Gasteiger partial charge in [0.15, 0.2) is 9.84 Å². The predicted molar refractivity (Wildman–Crippen MR) is 105 cm³/mol. The smallest absolute Gasteiger partial charge is 0.225 e. The predicted octanol–water partition coefficient (Wildman–Crippen LogP) is 2.71. The van der Waals surface area contributed by atoms with E-state index in [4.69, 9.17) is 0 Å². The van der Waals surface area contributed by atoms with Crippen LogP contribution in [0.3, 0.4) is 0 Å². The van der Waals surface area contributed by atoms with Gasteiger partial charge in [-0.05, 0) is 48.7 Å². The van der Waals surface area contributed by atoms with Crippen LogP contribution in [0.4, 0.5) is 11.4 Å². The van der Waals surface area contributed by atoms with Crippen LogP contribution in [0.1, 0.15) is 24.5 Å². The van der Waals surface area contributed by atoms with Gasteiger partial charge in [0, 0.05) is 31.3 Å². The fraction of sp³-hybridized carbons (Fsp3) is 0.300. The van der Waals surface area contributed by atoms with Crippen molar-refractivity contribution >= 4 is 33.0 Å². The van der Waals surface area contributed by atoms with Crippen molar-refractivity contribution in [2.24, 2.45) is 0 Å². The second kappa shape index (κ2) is 7.52. The van der Waals surface area contributed by atoms with Gasteiger partial charge in [0.2, 0.25) is 11.8 Å². The molecule has 1 aliphatic heterocycles. The lowest BCUT2D eigenvalue weighted by Crippen LogP contribution is -2.25. The summed E-state index contributed by atoms with van der Waals surface area (Å²) in [6.45, 7) is 3.93. The second-order valence-corrected chi connectivity index (χ2v) is 8.75. The topological polar surface area (TPSA) is 83.6 Å². The van der Waals surface area contributed by atoms with Gasteiger partial charge in [-0.2, -0.15) is 0 Å². The Hall–Kier alpha value is -2.67. The molecule has 0 aliphatic carbocycles. The lowest BCUT2D eigenvalue weighted by molar-refractivity contribution is -0.117. The number of sulfone groups is 1. The first kappa shape index (κ1) is 19.1. The maximum Gasteiger partial charge on any atom is 0.225 e. The highest BCUT2D eigenvalue weighted by Gasteiger charge is 2.25. The number of hydrogen-bond donors (Lipinski definition) is 1. The van der Waals surface area contributed by atoms with E-state index >= 15 is 0 Å². The monoisotopic (exact) mass is 386 g/mol. The number of fused-ring (bicyclic) bond motifs is 1. The summed E-state index contributed by atoms with van der Waals surface area (Å²) in [5, 5.41) is 2.75. The molecule has 0 fully saturated rings. The molecule has 27 heavy (non-hydrogen) atoms. The zero-order valence-electron chi connectivity index (χ0n) is 15.4. The van der Waals surface area contributed by atoms with E-state index < -0.39 is 9.84 Å². The summed E-state index contributed by atoms with van der Waals surface area (Å²) in [4.78, 5) is 25.6. The molecule has 3 rings (SSSR count). The fourth-order valence-corrected chi connectivity index (χ4v) is 4.46. The van der Waals surface area contributed by atoms with E-state index in [-0.39, 0.29) is 28.9 Å². The molecular weight excluding hydrogens is 364 g/mol. The lowest BCUT2D eigenvalue weighted by Gasteiger charge is -2.15. The third-order valence-corrected chi connectivity index (χ3v) is 6.42. The first-order valence-electron chi connectivity index (χ1n) is 8.77. The number of amides is 2. The molecule has 0 radical (unpaired) electrons. The number of hydrogen-bond acceptors (Lipinski definition) is 4. The van der Waals surface area contributed by atoms with Crippen LogP contribution >= 0.6 is 0 Å². The average molecular weight is 386 g/mol. The van der Waals surface area contributed by atoms with E-state index in [1.807, 2.05) is 25.1 Å². The summed E-state index contributed by atoms with van der Waals surface area (Å²) in [5.41, 5.74) is 3.21. The van der Waals surface area contributed by atoms with E-state index in [0.29, 0.717) is 18.7 Å². The van der Waals surface area contributed by atoms with E-state index in [9.17, 15) is 18.0 Å². The van der Waals surface area contributed by atoms with Crippen molar-refractivity contribution in [3.05, 3.63) is 53.6 Å². The van der Waals surface area contributed by atoms with Gasteiger partial charge >= 0.3 is 0 Å². The third-order valence-electron chi connectivity index (χ3n) is 4.70. The summed E-state index contributed by atoms with van der Waals surface area (Å²) < 4.78 is 25.2. The minimum absolute atomic E-state index is 0.0581.